The van der Waals surface area contributed by atoms with Crippen molar-refractivity contribution in [2.24, 2.45) is 0 Å². The molecule has 1 heterocycles. The smallest absolute Gasteiger partial charge is 0.306 e. The molecule has 0 bridgehead atoms. The number of nitrogens with zero attached hydrogens (tertiary/aromatic N) is 1. The SMILES string of the molecule is O=[N+]([O-])c1cc(NC2CCCOC2)ccc1F. The number of benzene rings is 1. The minimum Gasteiger partial charge on any atom is -0.380 e. The molecule has 0 saturated carbocycles. The van der Waals surface area contributed by atoms with Gasteiger partial charge in [-0.25, -0.2) is 0 Å². The zero-order valence-corrected chi connectivity index (χ0v) is 9.19. The molecular formula is C11H13FN2O3. The molecule has 92 valence electrons. The molecule has 0 spiro atoms. The second kappa shape index (κ2) is 5.09. The normalized spacial score (nSPS) is 19.9. The lowest BCUT2D eigenvalue weighted by atomic mass is 10.1. The third-order valence-corrected chi connectivity index (χ3v) is 2.67. The second-order valence-corrected chi connectivity index (χ2v) is 3.98. The first-order chi connectivity index (χ1) is 8.16. The molecule has 1 unspecified atom stereocenters. The lowest BCUT2D eigenvalue weighted by Crippen LogP contribution is -2.29. The Kier molecular flexibility index (Phi) is 3.53. The van der Waals surface area contributed by atoms with E-state index in [0.717, 1.165) is 25.5 Å². The van der Waals surface area contributed by atoms with Gasteiger partial charge in [0.25, 0.3) is 0 Å². The Morgan fingerprint density at radius 3 is 3.00 bits per heavy atom. The fourth-order valence-corrected chi connectivity index (χ4v) is 1.83. The van der Waals surface area contributed by atoms with Crippen molar-refractivity contribution < 1.29 is 14.1 Å². The van der Waals surface area contributed by atoms with Crippen molar-refractivity contribution >= 4 is 11.4 Å². The highest BCUT2D eigenvalue weighted by Crippen LogP contribution is 2.23. The van der Waals surface area contributed by atoms with Crippen LogP contribution in [0.25, 0.3) is 0 Å². The Balaban J connectivity index is 2.10. The summed E-state index contributed by atoms with van der Waals surface area (Å²) in [5.41, 5.74) is 0.0420. The van der Waals surface area contributed by atoms with Gasteiger partial charge in [-0.3, -0.25) is 10.1 Å². The van der Waals surface area contributed by atoms with Gasteiger partial charge in [-0.15, -0.1) is 0 Å². The summed E-state index contributed by atoms with van der Waals surface area (Å²) in [6.07, 6.45) is 1.91. The second-order valence-electron chi connectivity index (χ2n) is 3.98. The van der Waals surface area contributed by atoms with Crippen molar-refractivity contribution in [1.29, 1.82) is 0 Å². The van der Waals surface area contributed by atoms with Gasteiger partial charge in [0.05, 0.1) is 11.5 Å². The summed E-state index contributed by atoms with van der Waals surface area (Å²) in [5, 5.41) is 13.7. The van der Waals surface area contributed by atoms with E-state index in [1.807, 2.05) is 0 Å². The van der Waals surface area contributed by atoms with Gasteiger partial charge >= 0.3 is 5.69 Å². The van der Waals surface area contributed by atoms with E-state index in [1.54, 1.807) is 0 Å². The highest BCUT2D eigenvalue weighted by molar-refractivity contribution is 5.52. The van der Waals surface area contributed by atoms with E-state index in [4.69, 9.17) is 4.74 Å². The maximum absolute atomic E-state index is 13.1. The van der Waals surface area contributed by atoms with Gasteiger partial charge in [-0.2, -0.15) is 4.39 Å². The molecule has 5 nitrogen and oxygen atoms in total. The predicted molar refractivity (Wildman–Crippen MR) is 60.5 cm³/mol. The average Bonchev–Trinajstić information content (AvgIpc) is 2.32. The van der Waals surface area contributed by atoms with E-state index in [1.165, 1.54) is 12.1 Å². The number of nitro groups is 1. The van der Waals surface area contributed by atoms with Gasteiger partial charge < -0.3 is 10.1 Å². The molecule has 1 saturated heterocycles. The van der Waals surface area contributed by atoms with Gasteiger partial charge in [0.1, 0.15) is 0 Å². The van der Waals surface area contributed by atoms with Gasteiger partial charge in [-0.05, 0) is 25.0 Å². The summed E-state index contributed by atoms with van der Waals surface area (Å²) in [5.74, 6) is -0.819. The largest absolute Gasteiger partial charge is 0.380 e. The van der Waals surface area contributed by atoms with Crippen molar-refractivity contribution in [3.05, 3.63) is 34.1 Å². The number of hydrogen-bond donors (Lipinski definition) is 1. The molecule has 0 aromatic heterocycles. The molecule has 1 aliphatic rings. The summed E-state index contributed by atoms with van der Waals surface area (Å²) in [7, 11) is 0. The van der Waals surface area contributed by atoms with Crippen molar-refractivity contribution in [2.45, 2.75) is 18.9 Å². The summed E-state index contributed by atoms with van der Waals surface area (Å²) in [6.45, 7) is 1.33. The monoisotopic (exact) mass is 240 g/mol. The lowest BCUT2D eigenvalue weighted by molar-refractivity contribution is -0.387. The first-order valence-corrected chi connectivity index (χ1v) is 5.45. The molecule has 1 aliphatic heterocycles. The van der Waals surface area contributed by atoms with Crippen molar-refractivity contribution in [3.8, 4) is 0 Å². The van der Waals surface area contributed by atoms with Crippen LogP contribution in [-0.4, -0.2) is 24.2 Å². The summed E-state index contributed by atoms with van der Waals surface area (Å²) < 4.78 is 18.4. The molecule has 1 atom stereocenters. The number of hydrogen-bond acceptors (Lipinski definition) is 4. The van der Waals surface area contributed by atoms with Crippen molar-refractivity contribution in [2.75, 3.05) is 18.5 Å². The van der Waals surface area contributed by atoms with E-state index < -0.39 is 16.4 Å². The Labute approximate surface area is 97.7 Å². The quantitative estimate of drug-likeness (QED) is 0.650. The molecule has 6 heteroatoms. The first-order valence-electron chi connectivity index (χ1n) is 5.45. The fourth-order valence-electron chi connectivity index (χ4n) is 1.83. The van der Waals surface area contributed by atoms with Crippen LogP contribution in [0.15, 0.2) is 18.2 Å². The fraction of sp³-hybridized carbons (Fsp3) is 0.455. The standard InChI is InChI=1S/C11H13FN2O3/c12-10-4-3-8(6-11(10)14(15)16)13-9-2-1-5-17-7-9/h3-4,6,9,13H,1-2,5,7H2. The van der Waals surface area contributed by atoms with Crippen LogP contribution in [0, 0.1) is 15.9 Å². The van der Waals surface area contributed by atoms with Crippen LogP contribution in [0.3, 0.4) is 0 Å². The molecule has 17 heavy (non-hydrogen) atoms. The lowest BCUT2D eigenvalue weighted by Gasteiger charge is -2.24. The number of rotatable bonds is 3. The van der Waals surface area contributed by atoms with E-state index in [-0.39, 0.29) is 6.04 Å². The Hall–Kier alpha value is -1.69. The van der Waals surface area contributed by atoms with Crippen LogP contribution < -0.4 is 5.32 Å². The molecule has 1 fully saturated rings. The number of anilines is 1. The zero-order chi connectivity index (χ0) is 12.3. The minimum atomic E-state index is -0.819. The van der Waals surface area contributed by atoms with Crippen molar-refractivity contribution in [3.63, 3.8) is 0 Å². The molecule has 1 N–H and O–H groups in total. The third kappa shape index (κ3) is 2.91. The van der Waals surface area contributed by atoms with Gasteiger partial charge in [-0.1, -0.05) is 0 Å². The Morgan fingerprint density at radius 2 is 2.35 bits per heavy atom. The molecule has 0 radical (unpaired) electrons. The first kappa shape index (κ1) is 11.8. The molecular weight excluding hydrogens is 227 g/mol. The Bertz CT molecular complexity index is 419. The summed E-state index contributed by atoms with van der Waals surface area (Å²) in [6, 6.07) is 3.94. The van der Waals surface area contributed by atoms with Crippen LogP contribution in [0.4, 0.5) is 15.8 Å². The third-order valence-electron chi connectivity index (χ3n) is 2.67. The highest BCUT2D eigenvalue weighted by Gasteiger charge is 2.17. The Morgan fingerprint density at radius 1 is 1.53 bits per heavy atom. The molecule has 1 aromatic carbocycles. The summed E-state index contributed by atoms with van der Waals surface area (Å²) >= 11 is 0. The van der Waals surface area contributed by atoms with Crippen LogP contribution in [0.2, 0.25) is 0 Å². The molecule has 2 rings (SSSR count). The van der Waals surface area contributed by atoms with Crippen LogP contribution >= 0.6 is 0 Å². The molecule has 1 aromatic rings. The van der Waals surface area contributed by atoms with Crippen LogP contribution in [-0.2, 0) is 4.74 Å². The van der Waals surface area contributed by atoms with Crippen LogP contribution in [0.5, 0.6) is 0 Å². The maximum atomic E-state index is 13.1. The van der Waals surface area contributed by atoms with E-state index in [2.05, 4.69) is 5.32 Å². The predicted octanol–water partition coefficient (Wildman–Crippen LogP) is 2.32. The topological polar surface area (TPSA) is 64.4 Å². The molecule has 0 amide bonds. The molecule has 0 aliphatic carbocycles. The number of ether oxygens (including phenoxy) is 1. The maximum Gasteiger partial charge on any atom is 0.306 e. The van der Waals surface area contributed by atoms with Crippen molar-refractivity contribution in [1.82, 2.24) is 0 Å². The number of nitro benzene ring substituents is 1. The van der Waals surface area contributed by atoms with E-state index in [9.17, 15) is 14.5 Å². The average molecular weight is 240 g/mol. The number of nitrogens with one attached hydrogen (secondary N) is 1. The van der Waals surface area contributed by atoms with Gasteiger partial charge in [0.15, 0.2) is 0 Å². The van der Waals surface area contributed by atoms with Gasteiger partial charge in [0, 0.05) is 24.4 Å². The summed E-state index contributed by atoms with van der Waals surface area (Å²) in [4.78, 5) is 9.85. The van der Waals surface area contributed by atoms with E-state index in [0.29, 0.717) is 12.3 Å². The minimum absolute atomic E-state index is 0.133. The highest BCUT2D eigenvalue weighted by atomic mass is 19.1. The van der Waals surface area contributed by atoms with Crippen LogP contribution in [0.1, 0.15) is 12.8 Å². The van der Waals surface area contributed by atoms with Gasteiger partial charge in [0.2, 0.25) is 5.82 Å². The number of halogens is 1. The van der Waals surface area contributed by atoms with E-state index >= 15 is 0 Å². The zero-order valence-electron chi connectivity index (χ0n) is 9.19.